The average Bonchev–Trinajstić information content (AvgIpc) is 3.03. The van der Waals surface area contributed by atoms with E-state index in [0.29, 0.717) is 11.3 Å². The van der Waals surface area contributed by atoms with Gasteiger partial charge in [0.2, 0.25) is 0 Å². The lowest BCUT2D eigenvalue weighted by atomic mass is 10.0. The van der Waals surface area contributed by atoms with Gasteiger partial charge in [0.25, 0.3) is 0 Å². The molecule has 0 amide bonds. The van der Waals surface area contributed by atoms with E-state index in [1.54, 1.807) is 21.3 Å². The summed E-state index contributed by atoms with van der Waals surface area (Å²) in [5, 5.41) is 9.45. The topological polar surface area (TPSA) is 54.7 Å². The number of benzene rings is 2. The summed E-state index contributed by atoms with van der Waals surface area (Å²) >= 11 is 0. The number of fused-ring (bicyclic) bond motifs is 1. The molecule has 0 atom stereocenters. The first-order chi connectivity index (χ1) is 11.7. The summed E-state index contributed by atoms with van der Waals surface area (Å²) in [5.74, 6) is 2.22. The standard InChI is InChI=1S/C19H20N2O3/c1-22-15-6-4-14(19(8-15)24-3)11-21-10-13-5-7-18(23-2)16(9-20)17(13)12-21/h4-8H,10-12H2,1-3H3. The first-order valence-corrected chi connectivity index (χ1v) is 7.72. The largest absolute Gasteiger partial charge is 0.497 e. The lowest BCUT2D eigenvalue weighted by Gasteiger charge is -2.17. The highest BCUT2D eigenvalue weighted by Crippen LogP contribution is 2.34. The number of hydrogen-bond acceptors (Lipinski definition) is 5. The van der Waals surface area contributed by atoms with Gasteiger partial charge in [-0.15, -0.1) is 0 Å². The fourth-order valence-corrected chi connectivity index (χ4v) is 3.15. The number of nitriles is 1. The van der Waals surface area contributed by atoms with Crippen LogP contribution in [-0.2, 0) is 19.6 Å². The molecule has 0 fully saturated rings. The Labute approximate surface area is 142 Å². The molecule has 24 heavy (non-hydrogen) atoms. The second-order valence-electron chi connectivity index (χ2n) is 5.72. The highest BCUT2D eigenvalue weighted by molar-refractivity contribution is 5.53. The van der Waals surface area contributed by atoms with E-state index in [0.717, 1.165) is 42.3 Å². The van der Waals surface area contributed by atoms with Crippen LogP contribution in [0, 0.1) is 11.3 Å². The molecule has 1 aliphatic rings. The Morgan fingerprint density at radius 3 is 2.46 bits per heavy atom. The zero-order valence-electron chi connectivity index (χ0n) is 14.1. The first-order valence-electron chi connectivity index (χ1n) is 7.72. The smallest absolute Gasteiger partial charge is 0.136 e. The molecule has 5 heteroatoms. The molecule has 5 nitrogen and oxygen atoms in total. The zero-order chi connectivity index (χ0) is 17.1. The lowest BCUT2D eigenvalue weighted by molar-refractivity contribution is 0.269. The molecule has 1 heterocycles. The van der Waals surface area contributed by atoms with Crippen LogP contribution in [0.15, 0.2) is 30.3 Å². The lowest BCUT2D eigenvalue weighted by Crippen LogP contribution is -2.16. The summed E-state index contributed by atoms with van der Waals surface area (Å²) in [4.78, 5) is 2.29. The van der Waals surface area contributed by atoms with Gasteiger partial charge in [-0.25, -0.2) is 0 Å². The molecule has 0 aliphatic carbocycles. The van der Waals surface area contributed by atoms with E-state index in [1.807, 2.05) is 30.3 Å². The van der Waals surface area contributed by atoms with Crippen LogP contribution in [0.1, 0.15) is 22.3 Å². The maximum absolute atomic E-state index is 9.45. The Morgan fingerprint density at radius 1 is 1.00 bits per heavy atom. The van der Waals surface area contributed by atoms with E-state index in [-0.39, 0.29) is 0 Å². The van der Waals surface area contributed by atoms with Crippen LogP contribution in [0.3, 0.4) is 0 Å². The van der Waals surface area contributed by atoms with Crippen molar-refractivity contribution in [2.24, 2.45) is 0 Å². The second-order valence-corrected chi connectivity index (χ2v) is 5.72. The molecule has 0 radical (unpaired) electrons. The number of methoxy groups -OCH3 is 3. The fraction of sp³-hybridized carbons (Fsp3) is 0.316. The highest BCUT2D eigenvalue weighted by atomic mass is 16.5. The summed E-state index contributed by atoms with van der Waals surface area (Å²) < 4.78 is 16.0. The Kier molecular flexibility index (Phi) is 4.59. The number of ether oxygens (including phenoxy) is 3. The van der Waals surface area contributed by atoms with Crippen molar-refractivity contribution in [1.29, 1.82) is 5.26 Å². The average molecular weight is 324 g/mol. The minimum atomic E-state index is 0.638. The molecule has 0 unspecified atom stereocenters. The van der Waals surface area contributed by atoms with Gasteiger partial charge in [0.15, 0.2) is 0 Å². The molecule has 2 aromatic carbocycles. The second kappa shape index (κ2) is 6.81. The molecule has 0 spiro atoms. The maximum atomic E-state index is 9.45. The molecule has 0 saturated carbocycles. The van der Waals surface area contributed by atoms with Gasteiger partial charge in [-0.1, -0.05) is 12.1 Å². The van der Waals surface area contributed by atoms with Gasteiger partial charge in [0.1, 0.15) is 23.3 Å². The molecule has 0 bridgehead atoms. The van der Waals surface area contributed by atoms with Crippen molar-refractivity contribution in [2.45, 2.75) is 19.6 Å². The monoisotopic (exact) mass is 324 g/mol. The summed E-state index contributed by atoms with van der Waals surface area (Å²) in [5.41, 5.74) is 3.97. The Balaban J connectivity index is 1.83. The third kappa shape index (κ3) is 2.89. The van der Waals surface area contributed by atoms with Gasteiger partial charge < -0.3 is 14.2 Å². The van der Waals surface area contributed by atoms with Crippen LogP contribution in [0.25, 0.3) is 0 Å². The van der Waals surface area contributed by atoms with Crippen LogP contribution in [0.4, 0.5) is 0 Å². The predicted octanol–water partition coefficient (Wildman–Crippen LogP) is 3.10. The molecule has 0 N–H and O–H groups in total. The molecule has 2 aromatic rings. The predicted molar refractivity (Wildman–Crippen MR) is 90.2 cm³/mol. The van der Waals surface area contributed by atoms with Crippen molar-refractivity contribution in [3.05, 3.63) is 52.6 Å². The van der Waals surface area contributed by atoms with Gasteiger partial charge >= 0.3 is 0 Å². The molecular weight excluding hydrogens is 304 g/mol. The Bertz CT molecular complexity index is 796. The first kappa shape index (κ1) is 16.2. The Hall–Kier alpha value is -2.71. The number of rotatable bonds is 5. The normalized spacial score (nSPS) is 13.2. The minimum absolute atomic E-state index is 0.638. The van der Waals surface area contributed by atoms with Crippen LogP contribution >= 0.6 is 0 Å². The molecule has 1 aliphatic heterocycles. The SMILES string of the molecule is COc1ccc(CN2Cc3ccc(OC)c(C#N)c3C2)c(OC)c1. The van der Waals surface area contributed by atoms with E-state index in [9.17, 15) is 5.26 Å². The van der Waals surface area contributed by atoms with Crippen LogP contribution in [-0.4, -0.2) is 26.2 Å². The summed E-state index contributed by atoms with van der Waals surface area (Å²) in [6.45, 7) is 2.28. The van der Waals surface area contributed by atoms with Crippen molar-refractivity contribution in [3.8, 4) is 23.3 Å². The van der Waals surface area contributed by atoms with Crippen molar-refractivity contribution >= 4 is 0 Å². The van der Waals surface area contributed by atoms with Gasteiger partial charge in [-0.2, -0.15) is 5.26 Å². The van der Waals surface area contributed by atoms with E-state index >= 15 is 0 Å². The molecule has 0 aromatic heterocycles. The summed E-state index contributed by atoms with van der Waals surface area (Å²) in [6, 6.07) is 12.0. The molecular formula is C19H20N2O3. The van der Waals surface area contributed by atoms with Crippen molar-refractivity contribution in [3.63, 3.8) is 0 Å². The highest BCUT2D eigenvalue weighted by Gasteiger charge is 2.24. The third-order valence-corrected chi connectivity index (χ3v) is 4.37. The van der Waals surface area contributed by atoms with Gasteiger partial charge in [-0.3, -0.25) is 4.90 Å². The zero-order valence-corrected chi connectivity index (χ0v) is 14.1. The van der Waals surface area contributed by atoms with Gasteiger partial charge in [0.05, 0.1) is 26.9 Å². The van der Waals surface area contributed by atoms with Crippen LogP contribution in [0.2, 0.25) is 0 Å². The number of nitrogens with zero attached hydrogens (tertiary/aromatic N) is 2. The van der Waals surface area contributed by atoms with Crippen LogP contribution in [0.5, 0.6) is 17.2 Å². The fourth-order valence-electron chi connectivity index (χ4n) is 3.15. The van der Waals surface area contributed by atoms with E-state index in [1.165, 1.54) is 5.56 Å². The van der Waals surface area contributed by atoms with Crippen molar-refractivity contribution < 1.29 is 14.2 Å². The molecule has 0 saturated heterocycles. The maximum Gasteiger partial charge on any atom is 0.136 e. The quantitative estimate of drug-likeness (QED) is 0.846. The summed E-state index contributed by atoms with van der Waals surface area (Å²) in [6.07, 6.45) is 0. The third-order valence-electron chi connectivity index (χ3n) is 4.37. The number of hydrogen-bond donors (Lipinski definition) is 0. The van der Waals surface area contributed by atoms with E-state index < -0.39 is 0 Å². The molecule has 124 valence electrons. The van der Waals surface area contributed by atoms with Crippen molar-refractivity contribution in [2.75, 3.05) is 21.3 Å². The van der Waals surface area contributed by atoms with Gasteiger partial charge in [-0.05, 0) is 23.3 Å². The van der Waals surface area contributed by atoms with Gasteiger partial charge in [0, 0.05) is 31.3 Å². The Morgan fingerprint density at radius 2 is 1.79 bits per heavy atom. The van der Waals surface area contributed by atoms with E-state index in [4.69, 9.17) is 14.2 Å². The van der Waals surface area contributed by atoms with Crippen molar-refractivity contribution in [1.82, 2.24) is 4.90 Å². The van der Waals surface area contributed by atoms with E-state index in [2.05, 4.69) is 11.0 Å². The summed E-state index contributed by atoms with van der Waals surface area (Å²) in [7, 11) is 4.90. The minimum Gasteiger partial charge on any atom is -0.497 e. The van der Waals surface area contributed by atoms with Crippen LogP contribution < -0.4 is 14.2 Å². The molecule has 3 rings (SSSR count).